The molecule has 0 saturated heterocycles. The van der Waals surface area contributed by atoms with Gasteiger partial charge >= 0.3 is 12.2 Å². The third kappa shape index (κ3) is 9.30. The standard InChI is InChI=1S/C33H44N4O4/c1-20-15-23-18-26(22-13-12-14-24(17-22)31(3,4)5)35-27(25(23)16-21(20)2)19-34-28(36-29(38)40-32(6,7)8)37-30(39)41-33(9,10)11/h12-18H,19H2,1-11H3,(H2,34,36,37,38,39). The topological polar surface area (TPSA) is 102 Å². The largest absolute Gasteiger partial charge is 0.444 e. The first kappa shape index (κ1) is 31.6. The second kappa shape index (κ2) is 11.9. The molecule has 2 aromatic carbocycles. The maximum atomic E-state index is 12.6. The van der Waals surface area contributed by atoms with Crippen molar-refractivity contribution in [3.63, 3.8) is 0 Å². The molecule has 0 bridgehead atoms. The van der Waals surface area contributed by atoms with Gasteiger partial charge in [0.2, 0.25) is 5.96 Å². The summed E-state index contributed by atoms with van der Waals surface area (Å²) in [6.07, 6.45) is -1.49. The van der Waals surface area contributed by atoms with Gasteiger partial charge in [0.05, 0.1) is 17.9 Å². The van der Waals surface area contributed by atoms with Crippen LogP contribution in [-0.4, -0.2) is 34.3 Å². The van der Waals surface area contributed by atoms with Gasteiger partial charge < -0.3 is 9.47 Å². The monoisotopic (exact) mass is 560 g/mol. The summed E-state index contributed by atoms with van der Waals surface area (Å²) in [4.78, 5) is 34.7. The van der Waals surface area contributed by atoms with Crippen molar-refractivity contribution in [1.82, 2.24) is 15.6 Å². The Hall–Kier alpha value is -3.94. The van der Waals surface area contributed by atoms with E-state index < -0.39 is 23.4 Å². The number of hydrogen-bond acceptors (Lipinski definition) is 6. The van der Waals surface area contributed by atoms with Gasteiger partial charge in [0.15, 0.2) is 0 Å². The highest BCUT2D eigenvalue weighted by Gasteiger charge is 2.22. The molecule has 3 rings (SSSR count). The first-order valence-corrected chi connectivity index (χ1v) is 13.9. The van der Waals surface area contributed by atoms with Crippen LogP contribution >= 0.6 is 0 Å². The van der Waals surface area contributed by atoms with Gasteiger partial charge in [-0.15, -0.1) is 0 Å². The Kier molecular flexibility index (Phi) is 9.16. The highest BCUT2D eigenvalue weighted by atomic mass is 16.6. The number of nitrogens with zero attached hydrogens (tertiary/aromatic N) is 2. The van der Waals surface area contributed by atoms with Crippen LogP contribution in [0.2, 0.25) is 0 Å². The number of aliphatic imine (C=N–C) groups is 1. The van der Waals surface area contributed by atoms with Crippen LogP contribution in [0.1, 0.15) is 84.7 Å². The maximum Gasteiger partial charge on any atom is 0.414 e. The van der Waals surface area contributed by atoms with Crippen LogP contribution < -0.4 is 10.6 Å². The van der Waals surface area contributed by atoms with Gasteiger partial charge in [-0.05, 0) is 101 Å². The first-order valence-electron chi connectivity index (χ1n) is 13.9. The van der Waals surface area contributed by atoms with Crippen LogP contribution in [-0.2, 0) is 21.4 Å². The van der Waals surface area contributed by atoms with Crippen LogP contribution in [0, 0.1) is 13.8 Å². The molecule has 0 radical (unpaired) electrons. The van der Waals surface area contributed by atoms with Gasteiger partial charge in [-0.1, -0.05) is 45.0 Å². The number of ether oxygens (including phenoxy) is 2. The molecule has 0 aliphatic rings. The Morgan fingerprint density at radius 3 is 1.90 bits per heavy atom. The number of pyridine rings is 1. The minimum Gasteiger partial charge on any atom is -0.444 e. The van der Waals surface area contributed by atoms with Crippen molar-refractivity contribution in [3.8, 4) is 11.3 Å². The summed E-state index contributed by atoms with van der Waals surface area (Å²) in [7, 11) is 0. The van der Waals surface area contributed by atoms with E-state index in [9.17, 15) is 9.59 Å². The van der Waals surface area contributed by atoms with Crippen molar-refractivity contribution in [2.45, 2.75) is 99.3 Å². The number of carbonyl (C=O) groups excluding carboxylic acids is 2. The third-order valence-corrected chi connectivity index (χ3v) is 6.17. The second-order valence-corrected chi connectivity index (χ2v) is 13.4. The van der Waals surface area contributed by atoms with E-state index in [1.165, 1.54) is 11.1 Å². The van der Waals surface area contributed by atoms with E-state index in [0.29, 0.717) is 5.69 Å². The number of amides is 2. The molecule has 0 saturated carbocycles. The third-order valence-electron chi connectivity index (χ3n) is 6.17. The van der Waals surface area contributed by atoms with Crippen molar-refractivity contribution in [1.29, 1.82) is 0 Å². The summed E-state index contributed by atoms with van der Waals surface area (Å²) < 4.78 is 10.8. The van der Waals surface area contributed by atoms with Gasteiger partial charge in [0, 0.05) is 10.9 Å². The van der Waals surface area contributed by atoms with E-state index >= 15 is 0 Å². The minimum absolute atomic E-state index is 0.0107. The average Bonchev–Trinajstić information content (AvgIpc) is 2.80. The molecule has 41 heavy (non-hydrogen) atoms. The number of guanidine groups is 1. The second-order valence-electron chi connectivity index (χ2n) is 13.4. The normalized spacial score (nSPS) is 12.1. The van der Waals surface area contributed by atoms with E-state index in [1.807, 2.05) is 6.07 Å². The van der Waals surface area contributed by atoms with E-state index in [1.54, 1.807) is 41.5 Å². The van der Waals surface area contributed by atoms with Gasteiger partial charge in [-0.25, -0.2) is 14.6 Å². The van der Waals surface area contributed by atoms with Crippen molar-refractivity contribution < 1.29 is 19.1 Å². The fourth-order valence-corrected chi connectivity index (χ4v) is 4.07. The molecule has 8 nitrogen and oxygen atoms in total. The molecule has 1 heterocycles. The smallest absolute Gasteiger partial charge is 0.414 e. The lowest BCUT2D eigenvalue weighted by atomic mass is 9.86. The summed E-state index contributed by atoms with van der Waals surface area (Å²) in [5.74, 6) is -0.0904. The molecule has 3 aromatic rings. The molecule has 2 N–H and O–H groups in total. The number of nitrogens with one attached hydrogen (secondary N) is 2. The molecule has 2 amide bonds. The zero-order chi connectivity index (χ0) is 30.8. The number of aryl methyl sites for hydroxylation is 2. The van der Waals surface area contributed by atoms with E-state index in [-0.39, 0.29) is 17.9 Å². The summed E-state index contributed by atoms with van der Waals surface area (Å²) in [6, 6.07) is 14.7. The summed E-state index contributed by atoms with van der Waals surface area (Å²) in [5, 5.41) is 7.08. The summed E-state index contributed by atoms with van der Waals surface area (Å²) in [6.45, 7) is 21.3. The predicted molar refractivity (Wildman–Crippen MR) is 165 cm³/mol. The van der Waals surface area contributed by atoms with Crippen LogP contribution in [0.3, 0.4) is 0 Å². The van der Waals surface area contributed by atoms with Crippen LogP contribution in [0.4, 0.5) is 9.59 Å². The summed E-state index contributed by atoms with van der Waals surface area (Å²) >= 11 is 0. The van der Waals surface area contributed by atoms with Crippen molar-refractivity contribution in [3.05, 3.63) is 64.8 Å². The van der Waals surface area contributed by atoms with Gasteiger partial charge in [0.25, 0.3) is 0 Å². The number of fused-ring (bicyclic) bond motifs is 1. The molecule has 0 spiro atoms. The van der Waals surface area contributed by atoms with Gasteiger partial charge in [0.1, 0.15) is 11.2 Å². The minimum atomic E-state index is -0.746. The molecule has 0 aliphatic heterocycles. The zero-order valence-electron chi connectivity index (χ0n) is 26.3. The summed E-state index contributed by atoms with van der Waals surface area (Å²) in [5.41, 5.74) is 4.56. The van der Waals surface area contributed by atoms with Gasteiger partial charge in [-0.2, -0.15) is 0 Å². The van der Waals surface area contributed by atoms with E-state index in [2.05, 4.69) is 86.6 Å². The number of benzene rings is 2. The first-order chi connectivity index (χ1) is 18.8. The Morgan fingerprint density at radius 2 is 1.37 bits per heavy atom. The molecule has 8 heteroatoms. The lowest BCUT2D eigenvalue weighted by molar-refractivity contribution is 0.0545. The number of aromatic nitrogens is 1. The molecular weight excluding hydrogens is 516 g/mol. The molecule has 0 unspecified atom stereocenters. The number of carbonyl (C=O) groups is 2. The molecule has 1 aromatic heterocycles. The molecular formula is C33H44N4O4. The maximum absolute atomic E-state index is 12.6. The van der Waals surface area contributed by atoms with Gasteiger partial charge in [-0.3, -0.25) is 15.6 Å². The fourth-order valence-electron chi connectivity index (χ4n) is 4.07. The molecule has 0 aliphatic carbocycles. The van der Waals surface area contributed by atoms with Crippen molar-refractivity contribution >= 4 is 28.9 Å². The number of rotatable bonds is 3. The van der Waals surface area contributed by atoms with Crippen molar-refractivity contribution in [2.24, 2.45) is 4.99 Å². The Labute approximate surface area is 244 Å². The number of hydrogen-bond donors (Lipinski definition) is 2. The number of alkyl carbamates (subject to hydrolysis) is 2. The SMILES string of the molecule is Cc1cc2cc(-c3cccc(C(C)(C)C)c3)nc(CN=C(NC(=O)OC(C)(C)C)NC(=O)OC(C)(C)C)c2cc1C. The Morgan fingerprint density at radius 1 is 0.805 bits per heavy atom. The van der Waals surface area contributed by atoms with Crippen LogP contribution in [0.25, 0.3) is 22.0 Å². The van der Waals surface area contributed by atoms with Crippen LogP contribution in [0.15, 0.2) is 47.5 Å². The average molecular weight is 561 g/mol. The highest BCUT2D eigenvalue weighted by molar-refractivity contribution is 6.01. The predicted octanol–water partition coefficient (Wildman–Crippen LogP) is 7.72. The van der Waals surface area contributed by atoms with E-state index in [4.69, 9.17) is 14.5 Å². The lowest BCUT2D eigenvalue weighted by Gasteiger charge is -2.22. The van der Waals surface area contributed by atoms with Crippen LogP contribution in [0.5, 0.6) is 0 Å². The lowest BCUT2D eigenvalue weighted by Crippen LogP contribution is -2.47. The van der Waals surface area contributed by atoms with Crippen molar-refractivity contribution in [2.75, 3.05) is 0 Å². The molecule has 220 valence electrons. The molecule has 0 fully saturated rings. The van der Waals surface area contributed by atoms with E-state index in [0.717, 1.165) is 27.6 Å². The zero-order valence-corrected chi connectivity index (χ0v) is 26.3. The Bertz CT molecular complexity index is 1440. The quantitative estimate of drug-likeness (QED) is 0.252. The fraction of sp³-hybridized carbons (Fsp3) is 0.455. The molecule has 0 atom stereocenters. The Balaban J connectivity index is 2.08. The highest BCUT2D eigenvalue weighted by Crippen LogP contribution is 2.31.